The molecule has 0 aliphatic heterocycles. The van der Waals surface area contributed by atoms with E-state index in [1.54, 1.807) is 0 Å². The zero-order valence-electron chi connectivity index (χ0n) is 10.5. The number of amides is 1. The Balaban J connectivity index is 2.42. The van der Waals surface area contributed by atoms with E-state index < -0.39 is 0 Å². The first-order valence-corrected chi connectivity index (χ1v) is 7.51. The van der Waals surface area contributed by atoms with Gasteiger partial charge in [-0.25, -0.2) is 0 Å². The molecular weight excluding hydrogens is 314 g/mol. The van der Waals surface area contributed by atoms with Gasteiger partial charge in [0, 0.05) is 22.5 Å². The molecule has 1 rings (SSSR count). The number of carbonyl (C=O) groups excluding carboxylic acids is 1. The SMILES string of the molecule is CC(CO)CNC(=O)C(C)Sc1ccc(Br)cc1. The van der Waals surface area contributed by atoms with Crippen molar-refractivity contribution in [3.05, 3.63) is 28.7 Å². The van der Waals surface area contributed by atoms with Crippen LogP contribution >= 0.6 is 27.7 Å². The van der Waals surface area contributed by atoms with Gasteiger partial charge in [-0.2, -0.15) is 0 Å². The van der Waals surface area contributed by atoms with Gasteiger partial charge < -0.3 is 10.4 Å². The molecule has 100 valence electrons. The first-order valence-electron chi connectivity index (χ1n) is 5.83. The van der Waals surface area contributed by atoms with Crippen LogP contribution in [0.15, 0.2) is 33.6 Å². The molecule has 0 aliphatic rings. The molecule has 2 atom stereocenters. The lowest BCUT2D eigenvalue weighted by Crippen LogP contribution is -2.34. The van der Waals surface area contributed by atoms with Gasteiger partial charge in [0.2, 0.25) is 5.91 Å². The average molecular weight is 332 g/mol. The van der Waals surface area contributed by atoms with Gasteiger partial charge in [-0.1, -0.05) is 22.9 Å². The molecule has 0 bridgehead atoms. The van der Waals surface area contributed by atoms with E-state index in [0.29, 0.717) is 6.54 Å². The molecule has 1 aromatic rings. The van der Waals surface area contributed by atoms with E-state index in [9.17, 15) is 4.79 Å². The van der Waals surface area contributed by atoms with Gasteiger partial charge in [0.25, 0.3) is 0 Å². The number of benzene rings is 1. The maximum Gasteiger partial charge on any atom is 0.233 e. The van der Waals surface area contributed by atoms with Crippen molar-refractivity contribution in [3.63, 3.8) is 0 Å². The van der Waals surface area contributed by atoms with Crippen LogP contribution in [0.1, 0.15) is 13.8 Å². The molecule has 0 aliphatic carbocycles. The van der Waals surface area contributed by atoms with Crippen LogP contribution in [0.25, 0.3) is 0 Å². The fourth-order valence-corrected chi connectivity index (χ4v) is 2.41. The predicted octanol–water partition coefficient (Wildman–Crippen LogP) is 2.67. The fourth-order valence-electron chi connectivity index (χ4n) is 1.25. The third-order valence-corrected chi connectivity index (χ3v) is 4.07. The standard InChI is InChI=1S/C13H18BrNO2S/c1-9(8-16)7-15-13(17)10(2)18-12-5-3-11(14)4-6-12/h3-6,9-10,16H,7-8H2,1-2H3,(H,15,17). The summed E-state index contributed by atoms with van der Waals surface area (Å²) < 4.78 is 1.03. The van der Waals surface area contributed by atoms with Crippen molar-refractivity contribution in [1.29, 1.82) is 0 Å². The number of thioether (sulfide) groups is 1. The molecule has 0 spiro atoms. The summed E-state index contributed by atoms with van der Waals surface area (Å²) in [6.45, 7) is 4.38. The Morgan fingerprint density at radius 3 is 2.56 bits per heavy atom. The Bertz CT molecular complexity index is 383. The van der Waals surface area contributed by atoms with E-state index in [4.69, 9.17) is 5.11 Å². The van der Waals surface area contributed by atoms with Crippen LogP contribution in [-0.4, -0.2) is 29.4 Å². The summed E-state index contributed by atoms with van der Waals surface area (Å²) in [6.07, 6.45) is 0. The Hall–Kier alpha value is -0.520. The van der Waals surface area contributed by atoms with Gasteiger partial charge in [-0.15, -0.1) is 11.8 Å². The van der Waals surface area contributed by atoms with Crippen molar-refractivity contribution in [2.45, 2.75) is 24.0 Å². The van der Waals surface area contributed by atoms with Crippen molar-refractivity contribution in [2.24, 2.45) is 5.92 Å². The lowest BCUT2D eigenvalue weighted by Gasteiger charge is -2.14. The zero-order chi connectivity index (χ0) is 13.5. The van der Waals surface area contributed by atoms with Crippen LogP contribution in [0.5, 0.6) is 0 Å². The quantitative estimate of drug-likeness (QED) is 0.788. The number of aliphatic hydroxyl groups excluding tert-OH is 1. The normalized spacial score (nSPS) is 14.0. The largest absolute Gasteiger partial charge is 0.396 e. The molecule has 5 heteroatoms. The van der Waals surface area contributed by atoms with Crippen LogP contribution < -0.4 is 5.32 Å². The molecule has 2 N–H and O–H groups in total. The van der Waals surface area contributed by atoms with E-state index in [-0.39, 0.29) is 23.7 Å². The van der Waals surface area contributed by atoms with E-state index in [1.807, 2.05) is 38.1 Å². The summed E-state index contributed by atoms with van der Waals surface area (Å²) in [5.41, 5.74) is 0. The van der Waals surface area contributed by atoms with Gasteiger partial charge in [0.05, 0.1) is 5.25 Å². The van der Waals surface area contributed by atoms with Gasteiger partial charge >= 0.3 is 0 Å². The molecule has 0 saturated carbocycles. The molecular formula is C13H18BrNO2S. The van der Waals surface area contributed by atoms with E-state index >= 15 is 0 Å². The second-order valence-electron chi connectivity index (χ2n) is 4.25. The summed E-state index contributed by atoms with van der Waals surface area (Å²) in [7, 11) is 0. The highest BCUT2D eigenvalue weighted by Crippen LogP contribution is 2.24. The molecule has 0 aromatic heterocycles. The summed E-state index contributed by atoms with van der Waals surface area (Å²) in [5.74, 6) is 0.0991. The Morgan fingerprint density at radius 1 is 1.39 bits per heavy atom. The van der Waals surface area contributed by atoms with Gasteiger partial charge in [-0.3, -0.25) is 4.79 Å². The second kappa shape index (κ2) is 7.81. The minimum Gasteiger partial charge on any atom is -0.396 e. The van der Waals surface area contributed by atoms with Crippen LogP contribution in [0.4, 0.5) is 0 Å². The molecule has 3 nitrogen and oxygen atoms in total. The fraction of sp³-hybridized carbons (Fsp3) is 0.462. The summed E-state index contributed by atoms with van der Waals surface area (Å²) >= 11 is 4.90. The van der Waals surface area contributed by atoms with Crippen molar-refractivity contribution in [1.82, 2.24) is 5.32 Å². The third kappa shape index (κ3) is 5.42. The molecule has 0 saturated heterocycles. The van der Waals surface area contributed by atoms with Crippen molar-refractivity contribution >= 4 is 33.6 Å². The molecule has 0 fully saturated rings. The first kappa shape index (κ1) is 15.5. The number of hydrogen-bond donors (Lipinski definition) is 2. The second-order valence-corrected chi connectivity index (χ2v) is 6.58. The molecule has 0 radical (unpaired) electrons. The zero-order valence-corrected chi connectivity index (χ0v) is 12.9. The summed E-state index contributed by atoms with van der Waals surface area (Å²) in [6, 6.07) is 7.88. The number of halogens is 1. The van der Waals surface area contributed by atoms with Crippen molar-refractivity contribution in [3.8, 4) is 0 Å². The van der Waals surface area contributed by atoms with Gasteiger partial charge in [-0.05, 0) is 37.1 Å². The van der Waals surface area contributed by atoms with Crippen molar-refractivity contribution < 1.29 is 9.90 Å². The maximum absolute atomic E-state index is 11.8. The van der Waals surface area contributed by atoms with Crippen LogP contribution in [0.2, 0.25) is 0 Å². The monoisotopic (exact) mass is 331 g/mol. The molecule has 2 unspecified atom stereocenters. The molecule has 1 aromatic carbocycles. The number of hydrogen-bond acceptors (Lipinski definition) is 3. The highest BCUT2D eigenvalue weighted by atomic mass is 79.9. The summed E-state index contributed by atoms with van der Waals surface area (Å²) in [5, 5.41) is 11.6. The molecule has 1 amide bonds. The minimum atomic E-state index is -0.142. The highest BCUT2D eigenvalue weighted by molar-refractivity contribution is 9.10. The first-order chi connectivity index (χ1) is 8.52. The highest BCUT2D eigenvalue weighted by Gasteiger charge is 2.14. The summed E-state index contributed by atoms with van der Waals surface area (Å²) in [4.78, 5) is 12.9. The third-order valence-electron chi connectivity index (χ3n) is 2.43. The van der Waals surface area contributed by atoms with Crippen LogP contribution in [0.3, 0.4) is 0 Å². The molecule has 0 heterocycles. The van der Waals surface area contributed by atoms with E-state index in [0.717, 1.165) is 9.37 Å². The smallest absolute Gasteiger partial charge is 0.233 e. The number of rotatable bonds is 6. The van der Waals surface area contributed by atoms with E-state index in [2.05, 4.69) is 21.2 Å². The minimum absolute atomic E-state index is 0.00298. The number of nitrogens with one attached hydrogen (secondary N) is 1. The average Bonchev–Trinajstić information content (AvgIpc) is 2.38. The lowest BCUT2D eigenvalue weighted by atomic mass is 10.2. The van der Waals surface area contributed by atoms with Crippen molar-refractivity contribution in [2.75, 3.05) is 13.2 Å². The Morgan fingerprint density at radius 2 is 2.00 bits per heavy atom. The maximum atomic E-state index is 11.8. The van der Waals surface area contributed by atoms with E-state index in [1.165, 1.54) is 11.8 Å². The Kier molecular flexibility index (Phi) is 6.75. The van der Waals surface area contributed by atoms with Gasteiger partial charge in [0.15, 0.2) is 0 Å². The number of carbonyl (C=O) groups is 1. The lowest BCUT2D eigenvalue weighted by molar-refractivity contribution is -0.120. The number of aliphatic hydroxyl groups is 1. The Labute approximate surface area is 120 Å². The van der Waals surface area contributed by atoms with Crippen LogP contribution in [-0.2, 0) is 4.79 Å². The molecule has 18 heavy (non-hydrogen) atoms. The van der Waals surface area contributed by atoms with Crippen LogP contribution in [0, 0.1) is 5.92 Å². The predicted molar refractivity (Wildman–Crippen MR) is 78.7 cm³/mol. The topological polar surface area (TPSA) is 49.3 Å². The van der Waals surface area contributed by atoms with Gasteiger partial charge in [0.1, 0.15) is 0 Å².